The van der Waals surface area contributed by atoms with E-state index in [1.54, 1.807) is 77.9 Å². The molecule has 0 radical (unpaired) electrons. The van der Waals surface area contributed by atoms with Gasteiger partial charge in [-0.3, -0.25) is 9.59 Å². The number of anilines is 2. The Bertz CT molecular complexity index is 2690. The first-order valence-corrected chi connectivity index (χ1v) is 21.2. The maximum atomic E-state index is 14.0. The van der Waals surface area contributed by atoms with Gasteiger partial charge in [-0.1, -0.05) is 73.0 Å². The Balaban J connectivity index is 0.000000270. The van der Waals surface area contributed by atoms with Crippen molar-refractivity contribution >= 4 is 57.5 Å². The molecule has 0 aliphatic rings. The summed E-state index contributed by atoms with van der Waals surface area (Å²) >= 11 is 0. The number of nitrogens with two attached hydrogens (primary N) is 1. The second-order valence-corrected chi connectivity index (χ2v) is 17.4. The summed E-state index contributed by atoms with van der Waals surface area (Å²) in [5.74, 6) is -2.85. The zero-order valence-electron chi connectivity index (χ0n) is 38.3. The molecule has 4 heterocycles. The summed E-state index contributed by atoms with van der Waals surface area (Å²) in [5.41, 5.74) is 7.25. The Morgan fingerprint density at radius 2 is 1.08 bits per heavy atom. The number of rotatable bonds is 13. The van der Waals surface area contributed by atoms with Crippen LogP contribution in [0.5, 0.6) is 0 Å². The lowest BCUT2D eigenvalue weighted by Crippen LogP contribution is -2.44. The van der Waals surface area contributed by atoms with E-state index in [1.807, 2.05) is 32.9 Å². The smallest absolute Gasteiger partial charge is 0.425 e. The van der Waals surface area contributed by atoms with Crippen molar-refractivity contribution < 1.29 is 51.3 Å². The van der Waals surface area contributed by atoms with Crippen molar-refractivity contribution in [1.29, 1.82) is 0 Å². The fraction of sp³-hybridized carbons (Fsp3) is 0.404. The van der Waals surface area contributed by atoms with Crippen molar-refractivity contribution in [2.75, 3.05) is 17.2 Å². The number of aliphatic hydroxyl groups excluding tert-OH is 1. The molecule has 0 saturated heterocycles. The third kappa shape index (κ3) is 11.2. The molecular weight excluding hydrogens is 865 g/mol. The number of hydrogen-bond donors (Lipinski definition) is 2. The second kappa shape index (κ2) is 20.6. The number of carbonyl (C=O) groups is 4. The van der Waals surface area contributed by atoms with E-state index in [0.29, 0.717) is 45.5 Å². The van der Waals surface area contributed by atoms with Crippen molar-refractivity contribution in [1.82, 2.24) is 29.1 Å². The Labute approximate surface area is 379 Å². The normalized spacial score (nSPS) is 11.8. The van der Waals surface area contributed by atoms with Crippen LogP contribution >= 0.6 is 0 Å². The number of amides is 2. The van der Waals surface area contributed by atoms with Gasteiger partial charge in [-0.05, 0) is 79.4 Å². The average Bonchev–Trinajstić information content (AvgIpc) is 3.75. The molecule has 4 aromatic heterocycles. The van der Waals surface area contributed by atoms with Crippen LogP contribution in [-0.2, 0) is 22.6 Å². The quantitative estimate of drug-likeness (QED) is 0.0822. The standard InChI is InChI=1S/C29H36F2N4O5.C18H18F2N4O2/c1-9-10-15-34-21(22(36)23(30)31)19(18-13-11-17(2)12-14-18)20-24(34)32-16-33-25(20)35(26(37)39-28(3,4)5)27(38)40-29(6,7)8;1-10-3-5-11(6-4-10)12-13-17(21)22-9-23-18(13)24(7-2-8-25)14(12)15(26)16(19)20/h11-14,16,23H,9-10,15H2,1-8H3;3-6,9,16,25H,2,7-8H2,1H3,(H2,21,22,23). The number of unbranched alkanes of at least 4 members (excludes halogenated alkanes) is 1. The Kier molecular flexibility index (Phi) is 15.7. The van der Waals surface area contributed by atoms with E-state index in [1.165, 1.54) is 15.5 Å². The highest BCUT2D eigenvalue weighted by molar-refractivity contribution is 6.20. The van der Waals surface area contributed by atoms with E-state index < -0.39 is 47.8 Å². The minimum absolute atomic E-state index is 0.0724. The lowest BCUT2D eigenvalue weighted by molar-refractivity contribution is 0.0429. The van der Waals surface area contributed by atoms with Gasteiger partial charge in [-0.25, -0.2) is 47.1 Å². The number of Topliss-reactive ketones (excluding diaryl/α,β-unsaturated/α-hetero) is 2. The number of carbonyl (C=O) groups excluding carboxylic acids is 4. The first kappa shape index (κ1) is 50.2. The van der Waals surface area contributed by atoms with Crippen LogP contribution in [0.3, 0.4) is 0 Å². The molecule has 0 unspecified atom stereocenters. The molecule has 15 nitrogen and oxygen atoms in total. The summed E-state index contributed by atoms with van der Waals surface area (Å²) in [6.07, 6.45) is -4.77. The van der Waals surface area contributed by atoms with Crippen LogP contribution in [0.15, 0.2) is 61.2 Å². The molecule has 0 saturated carbocycles. The third-order valence-electron chi connectivity index (χ3n) is 9.87. The lowest BCUT2D eigenvalue weighted by Gasteiger charge is -2.28. The number of aromatic nitrogens is 6. The summed E-state index contributed by atoms with van der Waals surface area (Å²) < 4.78 is 68.6. The number of benzene rings is 2. The molecule has 352 valence electrons. The first-order valence-electron chi connectivity index (χ1n) is 21.2. The molecule has 0 aliphatic heterocycles. The number of nitrogen functional groups attached to an aromatic ring is 1. The fourth-order valence-corrected chi connectivity index (χ4v) is 7.08. The molecule has 6 aromatic rings. The van der Waals surface area contributed by atoms with Crippen molar-refractivity contribution in [3.05, 3.63) is 83.7 Å². The van der Waals surface area contributed by atoms with E-state index >= 15 is 0 Å². The summed E-state index contributed by atoms with van der Waals surface area (Å²) in [6, 6.07) is 14.0. The topological polar surface area (TPSA) is 198 Å². The van der Waals surface area contributed by atoms with Gasteiger partial charge in [0, 0.05) is 30.8 Å². The minimum atomic E-state index is -3.31. The maximum Gasteiger partial charge on any atom is 0.425 e. The number of nitrogens with zero attached hydrogens (tertiary/aromatic N) is 7. The molecule has 6 rings (SSSR count). The molecule has 0 aliphatic carbocycles. The predicted octanol–water partition coefficient (Wildman–Crippen LogP) is 10.2. The Hall–Kier alpha value is -6.76. The Morgan fingerprint density at radius 3 is 1.48 bits per heavy atom. The predicted molar refractivity (Wildman–Crippen MR) is 242 cm³/mol. The number of aryl methyl sites for hydroxylation is 4. The fourth-order valence-electron chi connectivity index (χ4n) is 7.08. The lowest BCUT2D eigenvalue weighted by atomic mass is 9.99. The number of ketones is 2. The van der Waals surface area contributed by atoms with Crippen molar-refractivity contribution in [3.8, 4) is 22.3 Å². The van der Waals surface area contributed by atoms with Gasteiger partial charge < -0.3 is 29.4 Å². The van der Waals surface area contributed by atoms with Gasteiger partial charge in [0.25, 0.3) is 0 Å². The van der Waals surface area contributed by atoms with Gasteiger partial charge in [0.2, 0.25) is 11.6 Å². The molecule has 2 amide bonds. The van der Waals surface area contributed by atoms with E-state index in [0.717, 1.165) is 17.5 Å². The minimum Gasteiger partial charge on any atom is -0.443 e. The molecule has 0 bridgehead atoms. The number of alkyl halides is 4. The molecule has 3 N–H and O–H groups in total. The van der Waals surface area contributed by atoms with Crippen molar-refractivity contribution in [2.45, 2.75) is 119 Å². The number of imide groups is 1. The summed E-state index contributed by atoms with van der Waals surface area (Å²) in [5, 5.41) is 9.58. The molecular formula is C47H54F4N8O7. The highest BCUT2D eigenvalue weighted by Crippen LogP contribution is 2.42. The van der Waals surface area contributed by atoms with Crippen LogP contribution in [0, 0.1) is 13.8 Å². The van der Waals surface area contributed by atoms with Gasteiger partial charge >= 0.3 is 25.0 Å². The van der Waals surface area contributed by atoms with Crippen LogP contribution in [0.2, 0.25) is 0 Å². The zero-order chi connectivity index (χ0) is 48.8. The number of halogens is 4. The van der Waals surface area contributed by atoms with Crippen LogP contribution in [0.1, 0.15) is 99.8 Å². The molecule has 0 spiro atoms. The maximum absolute atomic E-state index is 14.0. The van der Waals surface area contributed by atoms with E-state index in [4.69, 9.17) is 20.3 Å². The average molecular weight is 919 g/mol. The SMILES string of the molecule is CCCCn1c(C(=O)C(F)F)c(-c2ccc(C)cc2)c2c(N(C(=O)OC(C)(C)C)C(=O)OC(C)(C)C)ncnc21.Cc1ccc(-c2c(C(=O)C(F)F)n(CCCO)c3ncnc(N)c23)cc1. The highest BCUT2D eigenvalue weighted by atomic mass is 19.3. The zero-order valence-corrected chi connectivity index (χ0v) is 38.3. The molecule has 19 heteroatoms. The highest BCUT2D eigenvalue weighted by Gasteiger charge is 2.39. The summed E-state index contributed by atoms with van der Waals surface area (Å²) in [4.78, 5) is 69.7. The van der Waals surface area contributed by atoms with Crippen LogP contribution in [-0.4, -0.2) is 88.6 Å². The number of aliphatic hydroxyl groups is 1. The van der Waals surface area contributed by atoms with E-state index in [2.05, 4.69) is 19.9 Å². The summed E-state index contributed by atoms with van der Waals surface area (Å²) in [7, 11) is 0. The molecule has 0 fully saturated rings. The summed E-state index contributed by atoms with van der Waals surface area (Å²) in [6.45, 7) is 15.7. The van der Waals surface area contributed by atoms with E-state index in [-0.39, 0.29) is 65.7 Å². The number of ether oxygens (including phenoxy) is 2. The van der Waals surface area contributed by atoms with Crippen LogP contribution in [0.25, 0.3) is 44.3 Å². The van der Waals surface area contributed by atoms with E-state index in [9.17, 15) is 36.7 Å². The van der Waals surface area contributed by atoms with Crippen molar-refractivity contribution in [2.24, 2.45) is 0 Å². The van der Waals surface area contributed by atoms with Crippen molar-refractivity contribution in [3.63, 3.8) is 0 Å². The van der Waals surface area contributed by atoms with Gasteiger partial charge in [-0.2, -0.15) is 4.90 Å². The number of hydrogen-bond acceptors (Lipinski definition) is 12. The Morgan fingerprint density at radius 1 is 0.667 bits per heavy atom. The monoisotopic (exact) mass is 918 g/mol. The molecule has 2 aromatic carbocycles. The third-order valence-corrected chi connectivity index (χ3v) is 9.87. The largest absolute Gasteiger partial charge is 0.443 e. The van der Waals surface area contributed by atoms with Crippen LogP contribution in [0.4, 0.5) is 38.8 Å². The van der Waals surface area contributed by atoms with Gasteiger partial charge in [0.15, 0.2) is 5.82 Å². The van der Waals surface area contributed by atoms with Crippen LogP contribution < -0.4 is 10.6 Å². The van der Waals surface area contributed by atoms with Gasteiger partial charge in [0.1, 0.15) is 52.4 Å². The van der Waals surface area contributed by atoms with Gasteiger partial charge in [-0.15, -0.1) is 0 Å². The number of fused-ring (bicyclic) bond motifs is 2. The first-order chi connectivity index (χ1) is 31.0. The molecule has 66 heavy (non-hydrogen) atoms. The molecule has 0 atom stereocenters. The second-order valence-electron chi connectivity index (χ2n) is 17.4. The van der Waals surface area contributed by atoms with Gasteiger partial charge in [0.05, 0.1) is 10.8 Å².